The van der Waals surface area contributed by atoms with E-state index in [1.54, 1.807) is 34.7 Å². The van der Waals surface area contributed by atoms with Crippen LogP contribution in [0.1, 0.15) is 21.7 Å². The Morgan fingerprint density at radius 1 is 1.09 bits per heavy atom. The number of para-hydroxylation sites is 1. The first kappa shape index (κ1) is 21.7. The fourth-order valence-corrected chi connectivity index (χ4v) is 3.76. The van der Waals surface area contributed by atoms with E-state index in [4.69, 9.17) is 4.74 Å². The second kappa shape index (κ2) is 9.03. The molecule has 0 aliphatic rings. The summed E-state index contributed by atoms with van der Waals surface area (Å²) in [5.41, 5.74) is 3.77. The third-order valence-corrected chi connectivity index (χ3v) is 5.55. The zero-order valence-corrected chi connectivity index (χ0v) is 19.1. The minimum Gasteiger partial charge on any atom is -0.457 e. The molecule has 0 saturated heterocycles. The Bertz CT molecular complexity index is 1560. The number of aryl methyl sites for hydroxylation is 2. The van der Waals surface area contributed by atoms with Gasteiger partial charge in [0.05, 0.1) is 34.8 Å². The fourth-order valence-electron chi connectivity index (χ4n) is 3.76. The molecule has 1 amide bonds. The Morgan fingerprint density at radius 3 is 2.51 bits per heavy atom. The van der Waals surface area contributed by atoms with Crippen LogP contribution < -0.4 is 15.4 Å². The van der Waals surface area contributed by atoms with Gasteiger partial charge >= 0.3 is 0 Å². The molecule has 0 radical (unpaired) electrons. The quantitative estimate of drug-likeness (QED) is 0.365. The lowest BCUT2D eigenvalue weighted by Crippen LogP contribution is -2.16. The van der Waals surface area contributed by atoms with Gasteiger partial charge in [0, 0.05) is 30.7 Å². The predicted molar refractivity (Wildman–Crippen MR) is 132 cm³/mol. The number of aromatic nitrogens is 4. The van der Waals surface area contributed by atoms with Crippen LogP contribution in [0.5, 0.6) is 11.5 Å². The molecule has 9 nitrogen and oxygen atoms in total. The van der Waals surface area contributed by atoms with Gasteiger partial charge in [0.1, 0.15) is 17.6 Å². The van der Waals surface area contributed by atoms with E-state index in [0.29, 0.717) is 34.0 Å². The molecule has 0 unspecified atom stereocenters. The van der Waals surface area contributed by atoms with E-state index in [0.717, 1.165) is 17.0 Å². The lowest BCUT2D eigenvalue weighted by molar-refractivity contribution is 0.101. The van der Waals surface area contributed by atoms with Crippen LogP contribution in [0.15, 0.2) is 79.4 Å². The highest BCUT2D eigenvalue weighted by atomic mass is 16.5. The molecule has 3 aromatic heterocycles. The van der Waals surface area contributed by atoms with E-state index in [-0.39, 0.29) is 5.91 Å². The SMILES string of the molecule is Cc1c(NC(=O)c2nccn2C)cn2ncc(C#N)c(Nc3ccc(Oc4ccccc4)cc3)c12. The summed E-state index contributed by atoms with van der Waals surface area (Å²) < 4.78 is 9.14. The molecule has 172 valence electrons. The Hall–Kier alpha value is -5.10. The highest BCUT2D eigenvalue weighted by Crippen LogP contribution is 2.33. The molecule has 0 atom stereocenters. The first-order valence-corrected chi connectivity index (χ1v) is 10.8. The van der Waals surface area contributed by atoms with Crippen molar-refractivity contribution in [3.63, 3.8) is 0 Å². The first-order valence-electron chi connectivity index (χ1n) is 10.8. The summed E-state index contributed by atoms with van der Waals surface area (Å²) in [6, 6.07) is 19.2. The van der Waals surface area contributed by atoms with Gasteiger partial charge in [-0.1, -0.05) is 18.2 Å². The van der Waals surface area contributed by atoms with Crippen molar-refractivity contribution < 1.29 is 9.53 Å². The smallest absolute Gasteiger partial charge is 0.291 e. The topological polar surface area (TPSA) is 109 Å². The molecule has 5 rings (SSSR count). The molecule has 0 aliphatic heterocycles. The normalized spacial score (nSPS) is 10.7. The number of hydrogen-bond acceptors (Lipinski definition) is 6. The zero-order chi connectivity index (χ0) is 24.4. The average Bonchev–Trinajstić information content (AvgIpc) is 3.44. The third kappa shape index (κ3) is 4.28. The molecule has 35 heavy (non-hydrogen) atoms. The van der Waals surface area contributed by atoms with Gasteiger partial charge in [0.2, 0.25) is 0 Å². The minimum atomic E-state index is -0.333. The van der Waals surface area contributed by atoms with Gasteiger partial charge in [-0.2, -0.15) is 10.4 Å². The number of amides is 1. The molecular formula is C26H21N7O2. The van der Waals surface area contributed by atoms with Crippen LogP contribution in [0.3, 0.4) is 0 Å². The van der Waals surface area contributed by atoms with Gasteiger partial charge in [-0.05, 0) is 43.3 Å². The molecule has 0 aliphatic carbocycles. The molecule has 5 aromatic rings. The van der Waals surface area contributed by atoms with Crippen molar-refractivity contribution in [1.82, 2.24) is 19.2 Å². The summed E-state index contributed by atoms with van der Waals surface area (Å²) in [4.78, 5) is 16.8. The molecule has 0 bridgehead atoms. The lowest BCUT2D eigenvalue weighted by Gasteiger charge is -2.12. The van der Waals surface area contributed by atoms with Crippen LogP contribution in [-0.4, -0.2) is 25.1 Å². The van der Waals surface area contributed by atoms with Crippen molar-refractivity contribution >= 4 is 28.5 Å². The number of anilines is 3. The number of fused-ring (bicyclic) bond motifs is 1. The molecule has 0 fully saturated rings. The van der Waals surface area contributed by atoms with Crippen molar-refractivity contribution in [2.45, 2.75) is 6.92 Å². The molecule has 0 spiro atoms. The monoisotopic (exact) mass is 463 g/mol. The minimum absolute atomic E-state index is 0.293. The number of nitriles is 1. The number of rotatable bonds is 6. The number of nitrogens with one attached hydrogen (secondary N) is 2. The van der Waals surface area contributed by atoms with Crippen molar-refractivity contribution in [3.8, 4) is 17.6 Å². The average molecular weight is 464 g/mol. The lowest BCUT2D eigenvalue weighted by atomic mass is 10.1. The number of imidazole rings is 1. The van der Waals surface area contributed by atoms with Crippen LogP contribution in [0, 0.1) is 18.3 Å². The second-order valence-corrected chi connectivity index (χ2v) is 7.89. The Kier molecular flexibility index (Phi) is 5.61. The summed E-state index contributed by atoms with van der Waals surface area (Å²) in [7, 11) is 1.75. The van der Waals surface area contributed by atoms with E-state index in [1.807, 2.05) is 61.5 Å². The fraction of sp³-hybridized carbons (Fsp3) is 0.0769. The molecule has 2 aromatic carbocycles. The maximum atomic E-state index is 12.7. The maximum Gasteiger partial charge on any atom is 0.291 e. The number of benzene rings is 2. The van der Waals surface area contributed by atoms with E-state index in [1.165, 1.54) is 6.20 Å². The molecule has 2 N–H and O–H groups in total. The number of hydrogen-bond donors (Lipinski definition) is 2. The number of carbonyl (C=O) groups is 1. The van der Waals surface area contributed by atoms with Gasteiger partial charge in [-0.15, -0.1) is 0 Å². The summed E-state index contributed by atoms with van der Waals surface area (Å²) in [6.45, 7) is 1.87. The molecule has 0 saturated carbocycles. The van der Waals surface area contributed by atoms with E-state index in [9.17, 15) is 10.1 Å². The van der Waals surface area contributed by atoms with E-state index >= 15 is 0 Å². The van der Waals surface area contributed by atoms with Crippen LogP contribution in [-0.2, 0) is 7.05 Å². The molecular weight excluding hydrogens is 442 g/mol. The summed E-state index contributed by atoms with van der Waals surface area (Å²) in [5, 5.41) is 20.3. The number of carbonyl (C=O) groups excluding carboxylic acids is 1. The van der Waals surface area contributed by atoms with Gasteiger partial charge in [-0.25, -0.2) is 9.50 Å². The predicted octanol–water partition coefficient (Wildman–Crippen LogP) is 5.04. The highest BCUT2D eigenvalue weighted by molar-refractivity contribution is 6.03. The van der Waals surface area contributed by atoms with E-state index in [2.05, 4.69) is 26.8 Å². The van der Waals surface area contributed by atoms with Gasteiger partial charge in [0.15, 0.2) is 5.82 Å². The summed E-state index contributed by atoms with van der Waals surface area (Å²) in [6.07, 6.45) is 6.48. The Morgan fingerprint density at radius 2 is 1.83 bits per heavy atom. The van der Waals surface area contributed by atoms with Crippen molar-refractivity contribution in [2.75, 3.05) is 10.6 Å². The standard InChI is InChI=1S/C26H21N7O2/c1-17-22(31-26(34)25-28-12-13-32(25)2)16-33-24(17)23(18(14-27)15-29-33)30-19-8-10-21(11-9-19)35-20-6-4-3-5-7-20/h3-13,15-16,30H,1-2H3,(H,31,34). The van der Waals surface area contributed by atoms with Gasteiger partial charge < -0.3 is 19.9 Å². The van der Waals surface area contributed by atoms with Gasteiger partial charge in [-0.3, -0.25) is 4.79 Å². The largest absolute Gasteiger partial charge is 0.457 e. The molecule has 3 heterocycles. The van der Waals surface area contributed by atoms with Crippen molar-refractivity contribution in [2.24, 2.45) is 7.05 Å². The Balaban J connectivity index is 1.45. The second-order valence-electron chi connectivity index (χ2n) is 7.89. The van der Waals surface area contributed by atoms with E-state index < -0.39 is 0 Å². The number of ether oxygens (including phenoxy) is 1. The van der Waals surface area contributed by atoms with Gasteiger partial charge in [0.25, 0.3) is 5.91 Å². The first-order chi connectivity index (χ1) is 17.0. The molecule has 9 heteroatoms. The summed E-state index contributed by atoms with van der Waals surface area (Å²) >= 11 is 0. The zero-order valence-electron chi connectivity index (χ0n) is 19.1. The van der Waals surface area contributed by atoms with Crippen LogP contribution in [0.2, 0.25) is 0 Å². The third-order valence-electron chi connectivity index (χ3n) is 5.55. The highest BCUT2D eigenvalue weighted by Gasteiger charge is 2.19. The van der Waals surface area contributed by atoms with Crippen molar-refractivity contribution in [3.05, 3.63) is 96.3 Å². The summed E-state index contributed by atoms with van der Waals surface area (Å²) in [5.74, 6) is 1.40. The van der Waals surface area contributed by atoms with Crippen LogP contribution in [0.25, 0.3) is 5.52 Å². The van der Waals surface area contributed by atoms with Crippen LogP contribution >= 0.6 is 0 Å². The van der Waals surface area contributed by atoms with Crippen molar-refractivity contribution in [1.29, 1.82) is 5.26 Å². The number of nitrogens with zero attached hydrogens (tertiary/aromatic N) is 5. The maximum absolute atomic E-state index is 12.7. The van der Waals surface area contributed by atoms with Crippen LogP contribution in [0.4, 0.5) is 17.1 Å². The Labute approximate surface area is 201 Å².